The maximum absolute atomic E-state index is 13.2. The Kier molecular flexibility index (Phi) is 10.8. The number of benzene rings is 1. The molecule has 4 atom stereocenters. The molecule has 3 amide bonds. The van der Waals surface area contributed by atoms with Gasteiger partial charge in [0.05, 0.1) is 18.8 Å². The standard InChI is InChI=1S/C24H32N6O8/c1-12(2)20(25)23(36)29-17(9-19(32)33)22(35)28-16(7-13-3-5-15(31)6-4-13)21(34)30-18(24(37)38)8-14-10-26-11-27-14/h3-6,10-12,16-18,20,31H,7-9,25H2,1-2H3,(H,26,27)(H,28,35)(H,29,36)(H,30,34)(H,32,33)(H,37,38). The number of carbonyl (C=O) groups excluding carboxylic acids is 3. The molecule has 1 aromatic carbocycles. The normalized spacial score (nSPS) is 14.1. The monoisotopic (exact) mass is 532 g/mol. The third kappa shape index (κ3) is 9.20. The number of rotatable bonds is 14. The summed E-state index contributed by atoms with van der Waals surface area (Å²) in [5, 5.41) is 35.5. The number of aromatic amines is 1. The summed E-state index contributed by atoms with van der Waals surface area (Å²) in [6.07, 6.45) is 1.72. The first kappa shape index (κ1) is 29.8. The second-order valence-corrected chi connectivity index (χ2v) is 9.04. The number of imidazole rings is 1. The van der Waals surface area contributed by atoms with E-state index in [4.69, 9.17) is 5.73 Å². The van der Waals surface area contributed by atoms with E-state index in [9.17, 15) is 39.3 Å². The summed E-state index contributed by atoms with van der Waals surface area (Å²) in [5.74, 6) is -5.62. The van der Waals surface area contributed by atoms with Crippen molar-refractivity contribution in [2.24, 2.45) is 11.7 Å². The lowest BCUT2D eigenvalue weighted by Crippen LogP contribution is -2.58. The van der Waals surface area contributed by atoms with Crippen molar-refractivity contribution in [1.82, 2.24) is 25.9 Å². The minimum Gasteiger partial charge on any atom is -0.508 e. The van der Waals surface area contributed by atoms with Crippen molar-refractivity contribution in [2.45, 2.75) is 57.3 Å². The second kappa shape index (κ2) is 13.7. The quantitative estimate of drug-likeness (QED) is 0.146. The van der Waals surface area contributed by atoms with E-state index >= 15 is 0 Å². The van der Waals surface area contributed by atoms with Crippen LogP contribution in [0.5, 0.6) is 5.75 Å². The third-order valence-corrected chi connectivity index (χ3v) is 5.64. The number of carboxylic acids is 2. The van der Waals surface area contributed by atoms with Gasteiger partial charge in [-0.15, -0.1) is 0 Å². The molecule has 4 unspecified atom stereocenters. The Hall–Kier alpha value is -4.46. The van der Waals surface area contributed by atoms with Crippen LogP contribution in [-0.4, -0.2) is 79.1 Å². The number of phenolic OH excluding ortho intramolecular Hbond substituents is 1. The zero-order valence-corrected chi connectivity index (χ0v) is 20.9. The fourth-order valence-corrected chi connectivity index (χ4v) is 3.39. The zero-order valence-electron chi connectivity index (χ0n) is 20.9. The Morgan fingerprint density at radius 1 is 0.895 bits per heavy atom. The van der Waals surface area contributed by atoms with E-state index in [1.165, 1.54) is 36.8 Å². The highest BCUT2D eigenvalue weighted by atomic mass is 16.4. The Morgan fingerprint density at radius 2 is 1.47 bits per heavy atom. The maximum atomic E-state index is 13.2. The molecule has 206 valence electrons. The average Bonchev–Trinajstić information content (AvgIpc) is 3.36. The van der Waals surface area contributed by atoms with Gasteiger partial charge in [-0.1, -0.05) is 26.0 Å². The van der Waals surface area contributed by atoms with Gasteiger partial charge in [0, 0.05) is 24.7 Å². The fourth-order valence-electron chi connectivity index (χ4n) is 3.39. The highest BCUT2D eigenvalue weighted by Crippen LogP contribution is 2.12. The van der Waals surface area contributed by atoms with E-state index < -0.39 is 60.2 Å². The van der Waals surface area contributed by atoms with Crippen molar-refractivity contribution >= 4 is 29.7 Å². The molecule has 0 saturated carbocycles. The van der Waals surface area contributed by atoms with Gasteiger partial charge >= 0.3 is 11.9 Å². The molecule has 0 saturated heterocycles. The molecule has 14 heteroatoms. The molecule has 2 rings (SSSR count). The van der Waals surface area contributed by atoms with Crippen molar-refractivity contribution in [1.29, 1.82) is 0 Å². The Bertz CT molecular complexity index is 1120. The van der Waals surface area contributed by atoms with E-state index in [1.54, 1.807) is 13.8 Å². The van der Waals surface area contributed by atoms with Gasteiger partial charge in [0.25, 0.3) is 0 Å². The van der Waals surface area contributed by atoms with Crippen LogP contribution in [0.4, 0.5) is 0 Å². The smallest absolute Gasteiger partial charge is 0.326 e. The number of hydrogen-bond donors (Lipinski definition) is 8. The Labute approximate surface area is 218 Å². The van der Waals surface area contributed by atoms with Crippen molar-refractivity contribution in [3.05, 3.63) is 48.0 Å². The first-order chi connectivity index (χ1) is 17.9. The molecule has 9 N–H and O–H groups in total. The first-order valence-corrected chi connectivity index (χ1v) is 11.7. The van der Waals surface area contributed by atoms with Crippen LogP contribution < -0.4 is 21.7 Å². The summed E-state index contributed by atoms with van der Waals surface area (Å²) in [4.78, 5) is 68.4. The molecule has 0 aliphatic rings. The molecular weight excluding hydrogens is 500 g/mol. The molecule has 1 heterocycles. The molecule has 0 aliphatic carbocycles. The van der Waals surface area contributed by atoms with Crippen LogP contribution in [0.3, 0.4) is 0 Å². The molecule has 14 nitrogen and oxygen atoms in total. The predicted octanol–water partition coefficient (Wildman–Crippen LogP) is -1.10. The van der Waals surface area contributed by atoms with E-state index in [0.29, 0.717) is 11.3 Å². The average molecular weight is 533 g/mol. The summed E-state index contributed by atoms with van der Waals surface area (Å²) >= 11 is 0. The van der Waals surface area contributed by atoms with Crippen LogP contribution in [0.15, 0.2) is 36.8 Å². The Balaban J connectivity index is 2.27. The fraction of sp³-hybridized carbons (Fsp3) is 0.417. The van der Waals surface area contributed by atoms with Gasteiger partial charge < -0.3 is 42.0 Å². The number of carbonyl (C=O) groups is 5. The molecule has 0 bridgehead atoms. The van der Waals surface area contributed by atoms with E-state index in [1.807, 2.05) is 0 Å². The first-order valence-electron chi connectivity index (χ1n) is 11.7. The predicted molar refractivity (Wildman–Crippen MR) is 133 cm³/mol. The van der Waals surface area contributed by atoms with Crippen molar-refractivity contribution in [3.8, 4) is 5.75 Å². The van der Waals surface area contributed by atoms with Gasteiger partial charge in [-0.25, -0.2) is 9.78 Å². The molecule has 0 aliphatic heterocycles. The maximum Gasteiger partial charge on any atom is 0.326 e. The minimum atomic E-state index is -1.56. The van der Waals surface area contributed by atoms with Gasteiger partial charge in [-0.2, -0.15) is 0 Å². The summed E-state index contributed by atoms with van der Waals surface area (Å²) in [7, 11) is 0. The molecule has 0 fully saturated rings. The van der Waals surface area contributed by atoms with Crippen LogP contribution >= 0.6 is 0 Å². The number of nitrogens with two attached hydrogens (primary N) is 1. The van der Waals surface area contributed by atoms with Crippen LogP contribution in [0.25, 0.3) is 0 Å². The zero-order chi connectivity index (χ0) is 28.4. The van der Waals surface area contributed by atoms with Gasteiger partial charge in [-0.05, 0) is 23.6 Å². The minimum absolute atomic E-state index is 0.0324. The van der Waals surface area contributed by atoms with Crippen LogP contribution in [0.2, 0.25) is 0 Å². The highest BCUT2D eigenvalue weighted by Gasteiger charge is 2.32. The van der Waals surface area contributed by atoms with E-state index in [0.717, 1.165) is 0 Å². The molecule has 1 aromatic heterocycles. The number of phenols is 1. The largest absolute Gasteiger partial charge is 0.508 e. The number of nitrogens with one attached hydrogen (secondary N) is 4. The lowest BCUT2D eigenvalue weighted by molar-refractivity contribution is -0.143. The van der Waals surface area contributed by atoms with Gasteiger partial charge in [-0.3, -0.25) is 19.2 Å². The number of nitrogens with zero attached hydrogens (tertiary/aromatic N) is 1. The number of aromatic hydroxyl groups is 1. The number of H-pyrrole nitrogens is 1. The second-order valence-electron chi connectivity index (χ2n) is 9.04. The molecule has 2 aromatic rings. The van der Waals surface area contributed by atoms with E-state index in [2.05, 4.69) is 25.9 Å². The topological polar surface area (TPSA) is 237 Å². The third-order valence-electron chi connectivity index (χ3n) is 5.64. The van der Waals surface area contributed by atoms with E-state index in [-0.39, 0.29) is 24.5 Å². The van der Waals surface area contributed by atoms with Crippen LogP contribution in [0.1, 0.15) is 31.5 Å². The molecule has 0 spiro atoms. The van der Waals surface area contributed by atoms with Gasteiger partial charge in [0.2, 0.25) is 17.7 Å². The summed E-state index contributed by atoms with van der Waals surface area (Å²) in [5.41, 5.74) is 6.75. The summed E-state index contributed by atoms with van der Waals surface area (Å²) in [6, 6.07) is 0.437. The van der Waals surface area contributed by atoms with Gasteiger partial charge in [0.1, 0.15) is 23.9 Å². The summed E-state index contributed by atoms with van der Waals surface area (Å²) < 4.78 is 0. The number of aromatic nitrogens is 2. The number of aliphatic carboxylic acids is 2. The number of hydrogen-bond acceptors (Lipinski definition) is 8. The molecule has 38 heavy (non-hydrogen) atoms. The SMILES string of the molecule is CC(C)C(N)C(=O)NC(CC(=O)O)C(=O)NC(Cc1ccc(O)cc1)C(=O)NC(Cc1cnc[nH]1)C(=O)O. The van der Waals surface area contributed by atoms with Crippen molar-refractivity contribution < 1.29 is 39.3 Å². The summed E-state index contributed by atoms with van der Waals surface area (Å²) in [6.45, 7) is 3.35. The molecule has 0 radical (unpaired) electrons. The van der Waals surface area contributed by atoms with Crippen LogP contribution in [-0.2, 0) is 36.8 Å². The highest BCUT2D eigenvalue weighted by molar-refractivity contribution is 5.95. The lowest BCUT2D eigenvalue weighted by atomic mass is 10.0. The Morgan fingerprint density at radius 3 is 2.00 bits per heavy atom. The molecular formula is C24H32N6O8. The van der Waals surface area contributed by atoms with Crippen LogP contribution in [0, 0.1) is 5.92 Å². The van der Waals surface area contributed by atoms with Crippen molar-refractivity contribution in [3.63, 3.8) is 0 Å². The van der Waals surface area contributed by atoms with Crippen molar-refractivity contribution in [2.75, 3.05) is 0 Å². The number of amides is 3. The number of carboxylic acid groups (broad SMARTS) is 2. The lowest BCUT2D eigenvalue weighted by Gasteiger charge is -2.25. The van der Waals surface area contributed by atoms with Gasteiger partial charge in [0.15, 0.2) is 0 Å².